The predicted octanol–water partition coefficient (Wildman–Crippen LogP) is 3.72. The predicted molar refractivity (Wildman–Crippen MR) is 98.9 cm³/mol. The van der Waals surface area contributed by atoms with Gasteiger partial charge in [-0.3, -0.25) is 4.79 Å². The maximum atomic E-state index is 12.8. The molecule has 29 heavy (non-hydrogen) atoms. The molecule has 0 saturated carbocycles. The molecule has 1 atom stereocenters. The molecule has 1 aromatic heterocycles. The van der Waals surface area contributed by atoms with E-state index in [1.807, 2.05) is 18.2 Å². The van der Waals surface area contributed by atoms with Crippen molar-refractivity contribution < 1.29 is 27.4 Å². The number of likely N-dealkylation sites (tertiary alicyclic amines) is 1. The number of rotatable bonds is 4. The Morgan fingerprint density at radius 3 is 2.79 bits per heavy atom. The van der Waals surface area contributed by atoms with Crippen LogP contribution in [0.4, 0.5) is 13.2 Å². The molecule has 0 aliphatic carbocycles. The van der Waals surface area contributed by atoms with Gasteiger partial charge in [0.15, 0.2) is 16.7 Å². The highest BCUT2D eigenvalue weighted by Crippen LogP contribution is 2.38. The molecule has 2 aliphatic heterocycles. The molecular formula is C19H18F3N3O3S. The quantitative estimate of drug-likeness (QED) is 0.550. The third kappa shape index (κ3) is 4.42. The number of nitrogens with zero attached hydrogens (tertiary/aromatic N) is 3. The van der Waals surface area contributed by atoms with Crippen molar-refractivity contribution in [2.24, 2.45) is 0 Å². The van der Waals surface area contributed by atoms with Crippen molar-refractivity contribution in [1.82, 2.24) is 14.9 Å². The number of carbonyl (C=O) groups is 1. The lowest BCUT2D eigenvalue weighted by molar-refractivity contribution is -0.141. The molecule has 0 bridgehead atoms. The Morgan fingerprint density at radius 2 is 2.00 bits per heavy atom. The van der Waals surface area contributed by atoms with Gasteiger partial charge in [0.25, 0.3) is 0 Å². The first-order valence-corrected chi connectivity index (χ1v) is 10.1. The van der Waals surface area contributed by atoms with Gasteiger partial charge < -0.3 is 14.4 Å². The zero-order valence-electron chi connectivity index (χ0n) is 15.3. The van der Waals surface area contributed by atoms with Crippen LogP contribution in [0.25, 0.3) is 0 Å². The highest BCUT2D eigenvalue weighted by molar-refractivity contribution is 7.99. The van der Waals surface area contributed by atoms with E-state index in [0.29, 0.717) is 31.3 Å². The van der Waals surface area contributed by atoms with Gasteiger partial charge in [-0.15, -0.1) is 0 Å². The lowest BCUT2D eigenvalue weighted by Gasteiger charge is -2.26. The molecule has 4 rings (SSSR count). The van der Waals surface area contributed by atoms with Crippen LogP contribution in [-0.4, -0.2) is 46.3 Å². The standard InChI is InChI=1S/C19H18F3N3O3S/c20-19(21,22)16-5-6-23-18(24-16)29-11-17(26)25-7-1-2-13(25)12-3-4-14-15(10-12)28-9-8-27-14/h3-6,10,13H,1-2,7-9,11H2/t13-/m0/s1. The number of carbonyl (C=O) groups excluding carboxylic acids is 1. The van der Waals surface area contributed by atoms with Crippen LogP contribution in [0, 0.1) is 0 Å². The van der Waals surface area contributed by atoms with E-state index in [0.717, 1.165) is 42.4 Å². The summed E-state index contributed by atoms with van der Waals surface area (Å²) < 4.78 is 49.5. The minimum Gasteiger partial charge on any atom is -0.486 e. The number of fused-ring (bicyclic) bond motifs is 1. The molecule has 6 nitrogen and oxygen atoms in total. The molecule has 0 spiro atoms. The third-order valence-corrected chi connectivity index (χ3v) is 5.62. The summed E-state index contributed by atoms with van der Waals surface area (Å²) in [5, 5.41) is -0.0664. The Labute approximate surface area is 169 Å². The van der Waals surface area contributed by atoms with Gasteiger partial charge in [-0.2, -0.15) is 13.2 Å². The fourth-order valence-corrected chi connectivity index (χ4v) is 4.17. The molecular weight excluding hydrogens is 407 g/mol. The van der Waals surface area contributed by atoms with Crippen LogP contribution in [0.1, 0.15) is 30.1 Å². The zero-order valence-corrected chi connectivity index (χ0v) is 16.1. The van der Waals surface area contributed by atoms with E-state index >= 15 is 0 Å². The van der Waals surface area contributed by atoms with Gasteiger partial charge in [-0.1, -0.05) is 17.8 Å². The molecule has 1 fully saturated rings. The van der Waals surface area contributed by atoms with E-state index in [9.17, 15) is 18.0 Å². The Kier molecular flexibility index (Phi) is 5.53. The smallest absolute Gasteiger partial charge is 0.433 e. The fourth-order valence-electron chi connectivity index (χ4n) is 3.46. The van der Waals surface area contributed by atoms with Gasteiger partial charge in [0.05, 0.1) is 11.8 Å². The van der Waals surface area contributed by atoms with E-state index in [2.05, 4.69) is 9.97 Å². The van der Waals surface area contributed by atoms with E-state index in [1.165, 1.54) is 0 Å². The lowest BCUT2D eigenvalue weighted by Crippen LogP contribution is -2.32. The van der Waals surface area contributed by atoms with Gasteiger partial charge in [-0.25, -0.2) is 9.97 Å². The zero-order chi connectivity index (χ0) is 20.4. The first-order chi connectivity index (χ1) is 13.9. The molecule has 1 aromatic carbocycles. The highest BCUT2D eigenvalue weighted by Gasteiger charge is 2.33. The van der Waals surface area contributed by atoms with E-state index in [4.69, 9.17) is 9.47 Å². The number of ether oxygens (including phenoxy) is 2. The highest BCUT2D eigenvalue weighted by atomic mass is 32.2. The lowest BCUT2D eigenvalue weighted by atomic mass is 10.0. The number of halogens is 3. The largest absolute Gasteiger partial charge is 0.486 e. The summed E-state index contributed by atoms with van der Waals surface area (Å²) in [5.74, 6) is 1.17. The summed E-state index contributed by atoms with van der Waals surface area (Å²) in [4.78, 5) is 21.8. The fraction of sp³-hybridized carbons (Fsp3) is 0.421. The summed E-state index contributed by atoms with van der Waals surface area (Å²) in [5.41, 5.74) is -0.0572. The molecule has 1 saturated heterocycles. The van der Waals surface area contributed by atoms with Crippen molar-refractivity contribution in [3.8, 4) is 11.5 Å². The van der Waals surface area contributed by atoms with Crippen molar-refractivity contribution in [2.75, 3.05) is 25.5 Å². The van der Waals surface area contributed by atoms with Gasteiger partial charge in [0.2, 0.25) is 5.91 Å². The Bertz CT molecular complexity index is 910. The second-order valence-corrected chi connectivity index (χ2v) is 7.60. The van der Waals surface area contributed by atoms with Crippen molar-refractivity contribution in [1.29, 1.82) is 0 Å². The molecule has 3 heterocycles. The molecule has 0 radical (unpaired) electrons. The summed E-state index contributed by atoms with van der Waals surface area (Å²) >= 11 is 0.908. The van der Waals surface area contributed by atoms with E-state index < -0.39 is 11.9 Å². The summed E-state index contributed by atoms with van der Waals surface area (Å²) in [7, 11) is 0. The summed E-state index contributed by atoms with van der Waals surface area (Å²) in [6, 6.07) is 6.38. The number of alkyl halides is 3. The van der Waals surface area contributed by atoms with Crippen molar-refractivity contribution in [3.05, 3.63) is 41.7 Å². The van der Waals surface area contributed by atoms with Gasteiger partial charge >= 0.3 is 6.18 Å². The van der Waals surface area contributed by atoms with Crippen LogP contribution in [0.15, 0.2) is 35.6 Å². The average molecular weight is 425 g/mol. The third-order valence-electron chi connectivity index (χ3n) is 4.77. The van der Waals surface area contributed by atoms with Crippen LogP contribution < -0.4 is 9.47 Å². The van der Waals surface area contributed by atoms with Crippen LogP contribution >= 0.6 is 11.8 Å². The van der Waals surface area contributed by atoms with Crippen molar-refractivity contribution in [2.45, 2.75) is 30.2 Å². The normalized spacial score (nSPS) is 18.7. The van der Waals surface area contributed by atoms with Gasteiger partial charge in [0.1, 0.15) is 18.9 Å². The maximum absolute atomic E-state index is 12.8. The molecule has 154 valence electrons. The molecule has 0 N–H and O–H groups in total. The molecule has 2 aliphatic rings. The summed E-state index contributed by atoms with van der Waals surface area (Å²) in [6.45, 7) is 1.59. The second kappa shape index (κ2) is 8.10. The van der Waals surface area contributed by atoms with Crippen LogP contribution in [0.5, 0.6) is 11.5 Å². The minimum atomic E-state index is -4.54. The topological polar surface area (TPSA) is 64.6 Å². The monoisotopic (exact) mass is 425 g/mol. The Morgan fingerprint density at radius 1 is 1.21 bits per heavy atom. The van der Waals surface area contributed by atoms with Crippen molar-refractivity contribution in [3.63, 3.8) is 0 Å². The number of benzene rings is 1. The number of thioether (sulfide) groups is 1. The molecule has 1 amide bonds. The SMILES string of the molecule is O=C(CSc1nccc(C(F)(F)F)n1)N1CCC[C@H]1c1ccc2c(c1)OCCO2. The molecule has 2 aromatic rings. The number of amides is 1. The Balaban J connectivity index is 1.43. The number of hydrogen-bond donors (Lipinski definition) is 0. The Hall–Kier alpha value is -2.49. The summed E-state index contributed by atoms with van der Waals surface area (Å²) in [6.07, 6.45) is -1.82. The van der Waals surface area contributed by atoms with Crippen LogP contribution in [0.3, 0.4) is 0 Å². The van der Waals surface area contributed by atoms with E-state index in [1.54, 1.807) is 4.90 Å². The van der Waals surface area contributed by atoms with Crippen molar-refractivity contribution >= 4 is 17.7 Å². The average Bonchev–Trinajstić information content (AvgIpc) is 3.21. The van der Waals surface area contributed by atoms with Crippen LogP contribution in [-0.2, 0) is 11.0 Å². The number of hydrogen-bond acceptors (Lipinski definition) is 6. The van der Waals surface area contributed by atoms with Gasteiger partial charge in [-0.05, 0) is 36.6 Å². The number of aromatic nitrogens is 2. The maximum Gasteiger partial charge on any atom is 0.433 e. The molecule has 10 heteroatoms. The minimum absolute atomic E-state index is 0.0254. The van der Waals surface area contributed by atoms with Crippen LogP contribution in [0.2, 0.25) is 0 Å². The molecule has 0 unspecified atom stereocenters. The van der Waals surface area contributed by atoms with E-state index in [-0.39, 0.29) is 22.9 Å². The first kappa shape index (κ1) is 19.8. The van der Waals surface area contributed by atoms with Gasteiger partial charge in [0, 0.05) is 12.7 Å². The second-order valence-electron chi connectivity index (χ2n) is 6.66. The first-order valence-electron chi connectivity index (χ1n) is 9.14.